The number of methoxy groups -OCH3 is 1. The van der Waals surface area contributed by atoms with Crippen LogP contribution in [0.5, 0.6) is 0 Å². The van der Waals surface area contributed by atoms with Gasteiger partial charge in [0.1, 0.15) is 0 Å². The van der Waals surface area contributed by atoms with Gasteiger partial charge in [0.15, 0.2) is 9.84 Å². The largest absolute Gasteiger partial charge is 0.383 e. The molecule has 16 heavy (non-hydrogen) atoms. The van der Waals surface area contributed by atoms with E-state index >= 15 is 0 Å². The zero-order valence-corrected chi connectivity index (χ0v) is 10.9. The molecule has 1 fully saturated rings. The molecule has 0 aromatic carbocycles. The topological polar surface area (TPSA) is 72.6 Å². The molecule has 5 nitrogen and oxygen atoms in total. The van der Waals surface area contributed by atoms with Crippen LogP contribution in [-0.4, -0.2) is 63.7 Å². The van der Waals surface area contributed by atoms with Crippen molar-refractivity contribution in [2.45, 2.75) is 18.9 Å². The minimum absolute atomic E-state index is 0.189. The van der Waals surface area contributed by atoms with Crippen molar-refractivity contribution in [3.63, 3.8) is 0 Å². The first kappa shape index (κ1) is 13.9. The Morgan fingerprint density at radius 2 is 2.19 bits per heavy atom. The quantitative estimate of drug-likeness (QED) is 0.686. The lowest BCUT2D eigenvalue weighted by atomic mass is 9.96. The lowest BCUT2D eigenvalue weighted by Crippen LogP contribution is -2.55. The smallest absolute Gasteiger partial charge is 0.152 e. The van der Waals surface area contributed by atoms with Crippen LogP contribution in [0.3, 0.4) is 0 Å². The molecule has 1 aliphatic heterocycles. The molecule has 0 aromatic heterocycles. The molecular weight excluding hydrogens is 228 g/mol. The second-order valence-corrected chi connectivity index (χ2v) is 6.53. The molecule has 1 rings (SSSR count). The Morgan fingerprint density at radius 1 is 1.50 bits per heavy atom. The standard InChI is InChI=1S/C10H22N2O3S/c1-3-12(5-6-15-2)10(8-11)4-7-16(13,14)9-10/h3-9,11H2,1-2H3. The molecule has 0 radical (unpaired) electrons. The number of nitrogens with zero attached hydrogens (tertiary/aromatic N) is 1. The highest BCUT2D eigenvalue weighted by atomic mass is 32.2. The number of ether oxygens (including phenoxy) is 1. The van der Waals surface area contributed by atoms with E-state index in [2.05, 4.69) is 4.90 Å². The van der Waals surface area contributed by atoms with Gasteiger partial charge in [-0.05, 0) is 13.0 Å². The molecule has 0 amide bonds. The van der Waals surface area contributed by atoms with Crippen LogP contribution in [0.1, 0.15) is 13.3 Å². The molecule has 1 aliphatic rings. The Bertz CT molecular complexity index is 318. The van der Waals surface area contributed by atoms with Crippen molar-refractivity contribution in [2.75, 3.05) is 44.9 Å². The number of hydrogen-bond donors (Lipinski definition) is 1. The van der Waals surface area contributed by atoms with Gasteiger partial charge in [-0.25, -0.2) is 8.42 Å². The molecule has 0 saturated carbocycles. The molecule has 0 aliphatic carbocycles. The summed E-state index contributed by atoms with van der Waals surface area (Å²) in [6.07, 6.45) is 0.642. The van der Waals surface area contributed by atoms with Crippen LogP contribution in [0.4, 0.5) is 0 Å². The third kappa shape index (κ3) is 2.94. The van der Waals surface area contributed by atoms with E-state index in [1.54, 1.807) is 7.11 Å². The average molecular weight is 250 g/mol. The maximum atomic E-state index is 11.6. The highest BCUT2D eigenvalue weighted by Crippen LogP contribution is 2.28. The molecule has 6 heteroatoms. The second-order valence-electron chi connectivity index (χ2n) is 4.34. The Kier molecular flexibility index (Phi) is 4.73. The predicted octanol–water partition coefficient (Wildman–Crippen LogP) is -0.529. The van der Waals surface area contributed by atoms with Crippen LogP contribution < -0.4 is 5.73 Å². The van der Waals surface area contributed by atoms with Crippen LogP contribution in [0.15, 0.2) is 0 Å². The number of sulfone groups is 1. The van der Waals surface area contributed by atoms with Gasteiger partial charge in [-0.2, -0.15) is 0 Å². The molecule has 1 heterocycles. The highest BCUT2D eigenvalue weighted by Gasteiger charge is 2.44. The number of nitrogens with two attached hydrogens (primary N) is 1. The molecule has 0 bridgehead atoms. The molecule has 0 aromatic rings. The molecular formula is C10H22N2O3S. The molecule has 96 valence electrons. The lowest BCUT2D eigenvalue weighted by molar-refractivity contribution is 0.0795. The van der Waals surface area contributed by atoms with Gasteiger partial charge in [-0.3, -0.25) is 4.90 Å². The number of rotatable bonds is 6. The summed E-state index contributed by atoms with van der Waals surface area (Å²) in [5.41, 5.74) is 5.42. The average Bonchev–Trinajstić information content (AvgIpc) is 2.57. The zero-order chi connectivity index (χ0) is 12.2. The van der Waals surface area contributed by atoms with Crippen LogP contribution >= 0.6 is 0 Å². The third-order valence-electron chi connectivity index (χ3n) is 3.36. The van der Waals surface area contributed by atoms with Crippen molar-refractivity contribution in [3.8, 4) is 0 Å². The molecule has 0 spiro atoms. The van der Waals surface area contributed by atoms with Gasteiger partial charge in [0.25, 0.3) is 0 Å². The van der Waals surface area contributed by atoms with Crippen molar-refractivity contribution in [2.24, 2.45) is 5.73 Å². The van der Waals surface area contributed by atoms with Gasteiger partial charge in [0.2, 0.25) is 0 Å². The Balaban J connectivity index is 2.78. The minimum atomic E-state index is -2.91. The van der Waals surface area contributed by atoms with E-state index in [9.17, 15) is 8.42 Å². The van der Waals surface area contributed by atoms with Crippen molar-refractivity contribution >= 4 is 9.84 Å². The predicted molar refractivity (Wildman–Crippen MR) is 64.2 cm³/mol. The number of hydrogen-bond acceptors (Lipinski definition) is 5. The van der Waals surface area contributed by atoms with Crippen LogP contribution in [0, 0.1) is 0 Å². The maximum absolute atomic E-state index is 11.6. The monoisotopic (exact) mass is 250 g/mol. The first-order chi connectivity index (χ1) is 7.49. The number of likely N-dealkylation sites (N-methyl/N-ethyl adjacent to an activating group) is 1. The third-order valence-corrected chi connectivity index (χ3v) is 5.17. The van der Waals surface area contributed by atoms with Gasteiger partial charge in [-0.15, -0.1) is 0 Å². The van der Waals surface area contributed by atoms with E-state index < -0.39 is 9.84 Å². The van der Waals surface area contributed by atoms with Crippen LogP contribution in [-0.2, 0) is 14.6 Å². The molecule has 1 saturated heterocycles. The lowest BCUT2D eigenvalue weighted by Gasteiger charge is -2.38. The Hall–Kier alpha value is -0.170. The summed E-state index contributed by atoms with van der Waals surface area (Å²) in [5, 5.41) is 0. The van der Waals surface area contributed by atoms with Gasteiger partial charge >= 0.3 is 0 Å². The summed E-state index contributed by atoms with van der Waals surface area (Å²) in [7, 11) is -1.26. The highest BCUT2D eigenvalue weighted by molar-refractivity contribution is 7.91. The van der Waals surface area contributed by atoms with E-state index in [1.807, 2.05) is 6.92 Å². The van der Waals surface area contributed by atoms with E-state index in [0.717, 1.165) is 13.1 Å². The second kappa shape index (κ2) is 5.44. The first-order valence-electron chi connectivity index (χ1n) is 5.64. The summed E-state index contributed by atoms with van der Waals surface area (Å²) in [5.74, 6) is 0.446. The maximum Gasteiger partial charge on any atom is 0.152 e. The van der Waals surface area contributed by atoms with Crippen molar-refractivity contribution in [3.05, 3.63) is 0 Å². The Labute approximate surface area is 97.9 Å². The zero-order valence-electron chi connectivity index (χ0n) is 10.1. The van der Waals surface area contributed by atoms with Gasteiger partial charge in [0.05, 0.1) is 18.1 Å². The Morgan fingerprint density at radius 3 is 2.56 bits per heavy atom. The van der Waals surface area contributed by atoms with Crippen LogP contribution in [0.2, 0.25) is 0 Å². The summed E-state index contributed by atoms with van der Waals surface area (Å²) in [6, 6.07) is 0. The van der Waals surface area contributed by atoms with Crippen molar-refractivity contribution < 1.29 is 13.2 Å². The van der Waals surface area contributed by atoms with Crippen molar-refractivity contribution in [1.82, 2.24) is 4.90 Å². The van der Waals surface area contributed by atoms with E-state index in [-0.39, 0.29) is 17.0 Å². The summed E-state index contributed by atoms with van der Waals surface area (Å²) in [4.78, 5) is 2.14. The van der Waals surface area contributed by atoms with Crippen LogP contribution in [0.25, 0.3) is 0 Å². The van der Waals surface area contributed by atoms with Crippen molar-refractivity contribution in [1.29, 1.82) is 0 Å². The van der Waals surface area contributed by atoms with E-state index in [4.69, 9.17) is 10.5 Å². The fourth-order valence-corrected chi connectivity index (χ4v) is 4.47. The van der Waals surface area contributed by atoms with E-state index in [1.165, 1.54) is 0 Å². The molecule has 2 N–H and O–H groups in total. The van der Waals surface area contributed by atoms with E-state index in [0.29, 0.717) is 19.6 Å². The fourth-order valence-electron chi connectivity index (χ4n) is 2.37. The van der Waals surface area contributed by atoms with Gasteiger partial charge in [0, 0.05) is 25.7 Å². The van der Waals surface area contributed by atoms with Gasteiger partial charge < -0.3 is 10.5 Å². The SMILES string of the molecule is CCN(CCOC)C1(CN)CCS(=O)(=O)C1. The molecule has 1 atom stereocenters. The minimum Gasteiger partial charge on any atom is -0.383 e. The molecule has 1 unspecified atom stereocenters. The summed E-state index contributed by atoms with van der Waals surface area (Å²) >= 11 is 0. The van der Waals surface area contributed by atoms with Gasteiger partial charge in [-0.1, -0.05) is 6.92 Å². The summed E-state index contributed by atoms with van der Waals surface area (Å²) in [6.45, 7) is 4.56. The normalized spacial score (nSPS) is 28.8. The fraction of sp³-hybridized carbons (Fsp3) is 1.00. The summed E-state index contributed by atoms with van der Waals surface area (Å²) < 4.78 is 28.2. The first-order valence-corrected chi connectivity index (χ1v) is 7.46.